The van der Waals surface area contributed by atoms with Gasteiger partial charge in [-0.25, -0.2) is 4.79 Å². The largest absolute Gasteiger partial charge is 0.477 e. The first-order chi connectivity index (χ1) is 13.8. The number of amides is 1. The second-order valence-electron chi connectivity index (χ2n) is 6.27. The van der Waals surface area contributed by atoms with E-state index in [4.69, 9.17) is 5.26 Å². The van der Waals surface area contributed by atoms with Gasteiger partial charge < -0.3 is 20.6 Å². The lowest BCUT2D eigenvalue weighted by atomic mass is 10.2. The zero-order valence-corrected chi connectivity index (χ0v) is 17.0. The molecule has 0 atom stereocenters. The molecule has 0 aliphatic rings. The van der Waals surface area contributed by atoms with E-state index in [1.807, 2.05) is 0 Å². The summed E-state index contributed by atoms with van der Waals surface area (Å²) in [6.45, 7) is 2.19. The molecule has 0 fully saturated rings. The van der Waals surface area contributed by atoms with Gasteiger partial charge in [0.05, 0.1) is 6.54 Å². The van der Waals surface area contributed by atoms with Crippen LogP contribution in [-0.4, -0.2) is 47.1 Å². The minimum Gasteiger partial charge on any atom is -0.477 e. The number of nitrogens with one attached hydrogen (secondary N) is 2. The second kappa shape index (κ2) is 9.68. The number of carbonyl (C=O) groups excluding carboxylic acids is 1. The van der Waals surface area contributed by atoms with E-state index in [1.165, 1.54) is 10.8 Å². The van der Waals surface area contributed by atoms with Crippen LogP contribution in [0, 0.1) is 11.3 Å². The predicted molar refractivity (Wildman–Crippen MR) is 112 cm³/mol. The molecule has 9 nitrogen and oxygen atoms in total. The number of hydrogen-bond donors (Lipinski definition) is 3. The summed E-state index contributed by atoms with van der Waals surface area (Å²) in [4.78, 5) is 37.4. The Morgan fingerprint density at radius 1 is 1.34 bits per heavy atom. The third-order valence-electron chi connectivity index (χ3n) is 3.74. The molecular formula is C19H21N5O4S. The molecule has 0 bridgehead atoms. The topological polar surface area (TPSA) is 127 Å². The molecule has 0 spiro atoms. The van der Waals surface area contributed by atoms with E-state index in [-0.39, 0.29) is 33.8 Å². The Kier molecular flexibility index (Phi) is 7.30. The number of nitriles is 1. The molecule has 1 aromatic carbocycles. The number of anilines is 2. The fourth-order valence-corrected chi connectivity index (χ4v) is 3.58. The average molecular weight is 415 g/mol. The lowest BCUT2D eigenvalue weighted by Crippen LogP contribution is -2.32. The van der Waals surface area contributed by atoms with Gasteiger partial charge in [0.2, 0.25) is 5.91 Å². The maximum atomic E-state index is 12.5. The van der Waals surface area contributed by atoms with E-state index >= 15 is 0 Å². The van der Waals surface area contributed by atoms with Crippen molar-refractivity contribution in [1.29, 1.82) is 5.26 Å². The first-order valence-corrected chi connectivity index (χ1v) is 9.47. The molecule has 0 aliphatic carbocycles. The van der Waals surface area contributed by atoms with Gasteiger partial charge in [-0.15, -0.1) is 11.3 Å². The molecule has 0 saturated carbocycles. The van der Waals surface area contributed by atoms with Gasteiger partial charge in [0, 0.05) is 24.1 Å². The summed E-state index contributed by atoms with van der Waals surface area (Å²) >= 11 is 0.929. The summed E-state index contributed by atoms with van der Waals surface area (Å²) in [5.41, 5.74) is 0.371. The number of carboxylic acids is 1. The normalized spacial score (nSPS) is 12.4. The van der Waals surface area contributed by atoms with Gasteiger partial charge in [0.25, 0.3) is 5.56 Å². The molecule has 1 amide bonds. The van der Waals surface area contributed by atoms with Crippen LogP contribution < -0.4 is 25.4 Å². The molecule has 3 N–H and O–H groups in total. The van der Waals surface area contributed by atoms with Gasteiger partial charge in [-0.1, -0.05) is 6.07 Å². The molecule has 1 heterocycles. The lowest BCUT2D eigenvalue weighted by Gasteiger charge is -2.10. The number of rotatable bonds is 7. The van der Waals surface area contributed by atoms with Crippen molar-refractivity contribution in [2.75, 3.05) is 31.3 Å². The van der Waals surface area contributed by atoms with Crippen LogP contribution in [0.5, 0.6) is 0 Å². The van der Waals surface area contributed by atoms with E-state index in [2.05, 4.69) is 10.6 Å². The first-order valence-electron chi connectivity index (χ1n) is 8.65. The van der Waals surface area contributed by atoms with E-state index < -0.39 is 11.5 Å². The van der Waals surface area contributed by atoms with Crippen molar-refractivity contribution < 1.29 is 14.7 Å². The Morgan fingerprint density at radius 2 is 2.03 bits per heavy atom. The fourth-order valence-electron chi connectivity index (χ4n) is 2.50. The van der Waals surface area contributed by atoms with Crippen LogP contribution in [0.25, 0.3) is 11.8 Å². The number of nitrogens with zero attached hydrogens (tertiary/aromatic N) is 3. The maximum absolute atomic E-state index is 12.5. The van der Waals surface area contributed by atoms with Crippen LogP contribution in [0.4, 0.5) is 11.4 Å². The van der Waals surface area contributed by atoms with Crippen molar-refractivity contribution in [3.63, 3.8) is 0 Å². The molecule has 10 heteroatoms. The summed E-state index contributed by atoms with van der Waals surface area (Å²) in [7, 11) is 3.59. The van der Waals surface area contributed by atoms with Crippen LogP contribution in [0.3, 0.4) is 0 Å². The highest BCUT2D eigenvalue weighted by Crippen LogP contribution is 2.15. The van der Waals surface area contributed by atoms with Crippen molar-refractivity contribution >= 4 is 46.4 Å². The molecule has 0 aliphatic heterocycles. The van der Waals surface area contributed by atoms with Gasteiger partial charge in [0.15, 0.2) is 5.57 Å². The monoisotopic (exact) mass is 415 g/mol. The van der Waals surface area contributed by atoms with Crippen molar-refractivity contribution in [3.8, 4) is 6.07 Å². The highest BCUT2D eigenvalue weighted by atomic mass is 32.1. The summed E-state index contributed by atoms with van der Waals surface area (Å²) < 4.78 is 1.62. The van der Waals surface area contributed by atoms with E-state index in [1.54, 1.807) is 56.3 Å². The van der Waals surface area contributed by atoms with Crippen molar-refractivity contribution in [1.82, 2.24) is 9.47 Å². The number of likely N-dealkylation sites (N-methyl/N-ethyl adjacent to an activating group) is 1. The highest BCUT2D eigenvalue weighted by molar-refractivity contribution is 7.07. The molecule has 0 radical (unpaired) electrons. The third-order valence-corrected chi connectivity index (χ3v) is 4.87. The standard InChI is InChI=1S/C19H21N5O4S/c1-4-24-17(26)15(29-18(24)14(9-20)19(27)28)10-21-12-6-5-7-13(8-12)22-16(25)11-23(2)3/h5-8,10,21H,4,11H2,1-3H3,(H,22,25)(H,27,28)/b15-10+,18-14-. The Morgan fingerprint density at radius 3 is 2.62 bits per heavy atom. The summed E-state index contributed by atoms with van der Waals surface area (Å²) in [5.74, 6) is -1.53. The fraction of sp³-hybridized carbons (Fsp3) is 0.263. The quantitative estimate of drug-likeness (QED) is 0.582. The van der Waals surface area contributed by atoms with E-state index in [0.29, 0.717) is 11.4 Å². The molecule has 152 valence electrons. The summed E-state index contributed by atoms with van der Waals surface area (Å²) in [6.07, 6.45) is 1.46. The van der Waals surface area contributed by atoms with Gasteiger partial charge >= 0.3 is 5.97 Å². The highest BCUT2D eigenvalue weighted by Gasteiger charge is 2.13. The maximum Gasteiger partial charge on any atom is 0.349 e. The Hall–Kier alpha value is -3.42. The van der Waals surface area contributed by atoms with Crippen LogP contribution in [0.15, 0.2) is 29.1 Å². The minimum absolute atomic E-state index is 0.102. The van der Waals surface area contributed by atoms with Crippen LogP contribution in [0.1, 0.15) is 6.92 Å². The predicted octanol–water partition coefficient (Wildman–Crippen LogP) is 0.0388. The van der Waals surface area contributed by atoms with Crippen molar-refractivity contribution in [2.24, 2.45) is 0 Å². The van der Waals surface area contributed by atoms with E-state index in [9.17, 15) is 19.5 Å². The molecule has 2 aromatic rings. The van der Waals surface area contributed by atoms with Gasteiger partial charge in [0.1, 0.15) is 15.3 Å². The van der Waals surface area contributed by atoms with Gasteiger partial charge in [-0.3, -0.25) is 14.2 Å². The number of hydrogen-bond acceptors (Lipinski definition) is 7. The Labute approximate surface area is 170 Å². The molecule has 2 rings (SSSR count). The van der Waals surface area contributed by atoms with Crippen LogP contribution in [0.2, 0.25) is 0 Å². The zero-order chi connectivity index (χ0) is 21.6. The number of aliphatic carboxylic acids is 1. The lowest BCUT2D eigenvalue weighted by molar-refractivity contribution is -0.130. The van der Waals surface area contributed by atoms with Crippen LogP contribution in [-0.2, 0) is 16.1 Å². The minimum atomic E-state index is -1.38. The number of carbonyl (C=O) groups is 2. The van der Waals surface area contributed by atoms with Crippen LogP contribution >= 0.6 is 11.3 Å². The third kappa shape index (κ3) is 5.54. The molecule has 0 unspecified atom stereocenters. The second-order valence-corrected chi connectivity index (χ2v) is 7.30. The summed E-state index contributed by atoms with van der Waals surface area (Å²) in [5, 5.41) is 24.0. The van der Waals surface area contributed by atoms with Crippen molar-refractivity contribution in [3.05, 3.63) is 43.8 Å². The Bertz CT molecular complexity index is 1140. The number of thiazole rings is 1. The van der Waals surface area contributed by atoms with Crippen molar-refractivity contribution in [2.45, 2.75) is 13.5 Å². The first kappa shape index (κ1) is 21.9. The zero-order valence-electron chi connectivity index (χ0n) is 16.2. The number of benzene rings is 1. The van der Waals surface area contributed by atoms with E-state index in [0.717, 1.165) is 11.3 Å². The SMILES string of the molecule is CCn1c(=O)/c(=C\Nc2cccc(NC(=O)CN(C)C)c2)s/c1=C(/C#N)C(=O)O. The number of aromatic nitrogens is 1. The smallest absolute Gasteiger partial charge is 0.349 e. The number of carboxylic acid groups (broad SMARTS) is 1. The molecular weight excluding hydrogens is 394 g/mol. The summed E-state index contributed by atoms with van der Waals surface area (Å²) in [6, 6.07) is 8.59. The molecule has 29 heavy (non-hydrogen) atoms. The molecule has 0 saturated heterocycles. The Balaban J connectivity index is 2.36. The average Bonchev–Trinajstić information content (AvgIpc) is 2.95. The molecule has 1 aromatic heterocycles. The van der Waals surface area contributed by atoms with Gasteiger partial charge in [-0.05, 0) is 39.2 Å². The van der Waals surface area contributed by atoms with Gasteiger partial charge in [-0.2, -0.15) is 5.26 Å².